The minimum atomic E-state index is -4.59. The number of nitroso groups, excluding NO2 is 1. The fourth-order valence-corrected chi connectivity index (χ4v) is 2.84. The zero-order valence-corrected chi connectivity index (χ0v) is 14.7. The molecule has 0 saturated carbocycles. The Hall–Kier alpha value is -3.27. The normalized spacial score (nSPS) is 11.4. The van der Waals surface area contributed by atoms with Crippen LogP contribution in [-0.4, -0.2) is 15.9 Å². The highest BCUT2D eigenvalue weighted by atomic mass is 35.5. The summed E-state index contributed by atoms with van der Waals surface area (Å²) in [7, 11) is 0. The van der Waals surface area contributed by atoms with Crippen molar-refractivity contribution in [2.75, 3.05) is 5.32 Å². The van der Waals surface area contributed by atoms with Gasteiger partial charge in [0.25, 0.3) is 5.91 Å². The molecule has 0 unspecified atom stereocenters. The number of benzene rings is 2. The van der Waals surface area contributed by atoms with Crippen LogP contribution in [0, 0.1) is 4.91 Å². The number of carbonyl (C=O) groups is 1. The zero-order chi connectivity index (χ0) is 20.5. The molecule has 2 aromatic carbocycles. The van der Waals surface area contributed by atoms with Crippen molar-refractivity contribution in [3.05, 3.63) is 63.3 Å². The lowest BCUT2D eigenvalue weighted by Gasteiger charge is -2.13. The molecule has 1 heterocycles. The Morgan fingerprint density at radius 2 is 1.96 bits per heavy atom. The summed E-state index contributed by atoms with van der Waals surface area (Å²) in [5.74, 6) is -0.617. The summed E-state index contributed by atoms with van der Waals surface area (Å²) in [5.41, 5.74) is 4.74. The largest absolute Gasteiger partial charge is 0.417 e. The molecule has 0 bridgehead atoms. The second-order valence-corrected chi connectivity index (χ2v) is 6.14. The quantitative estimate of drug-likeness (QED) is 0.606. The van der Waals surface area contributed by atoms with Crippen molar-refractivity contribution < 1.29 is 18.0 Å². The first-order chi connectivity index (χ1) is 13.2. The Kier molecular flexibility index (Phi) is 5.14. The average molecular weight is 410 g/mol. The average Bonchev–Trinajstić information content (AvgIpc) is 2.65. The predicted molar refractivity (Wildman–Crippen MR) is 97.3 cm³/mol. The highest BCUT2D eigenvalue weighted by molar-refractivity contribution is 6.31. The van der Waals surface area contributed by atoms with Crippen LogP contribution in [0.15, 0.2) is 41.8 Å². The minimum Gasteiger partial charge on any atom is -0.366 e. The number of aromatic nitrogens is 2. The number of rotatable bonds is 5. The molecule has 3 rings (SSSR count). The number of fused-ring (bicyclic) bond motifs is 1. The molecule has 28 heavy (non-hydrogen) atoms. The summed E-state index contributed by atoms with van der Waals surface area (Å²) in [5, 5.41) is 5.52. The van der Waals surface area contributed by atoms with Gasteiger partial charge in [0.2, 0.25) is 0 Å². The Morgan fingerprint density at radius 3 is 2.61 bits per heavy atom. The van der Waals surface area contributed by atoms with E-state index in [0.29, 0.717) is 5.56 Å². The molecule has 0 fully saturated rings. The molecular formula is C17H11ClF3N5O2. The van der Waals surface area contributed by atoms with E-state index >= 15 is 0 Å². The molecular weight excluding hydrogens is 399 g/mol. The number of nitrogens with two attached hydrogens (primary N) is 1. The molecule has 3 N–H and O–H groups in total. The van der Waals surface area contributed by atoms with Crippen molar-refractivity contribution in [2.24, 2.45) is 10.9 Å². The number of anilines is 1. The van der Waals surface area contributed by atoms with Gasteiger partial charge in [-0.15, -0.1) is 4.91 Å². The van der Waals surface area contributed by atoms with E-state index in [2.05, 4.69) is 20.5 Å². The summed E-state index contributed by atoms with van der Waals surface area (Å²) < 4.78 is 39.0. The fraction of sp³-hybridized carbons (Fsp3) is 0.118. The van der Waals surface area contributed by atoms with Gasteiger partial charge in [-0.3, -0.25) is 4.79 Å². The van der Waals surface area contributed by atoms with E-state index < -0.39 is 22.7 Å². The van der Waals surface area contributed by atoms with Crippen LogP contribution in [0.4, 0.5) is 24.7 Å². The van der Waals surface area contributed by atoms with Crippen LogP contribution in [0.3, 0.4) is 0 Å². The van der Waals surface area contributed by atoms with Crippen molar-refractivity contribution in [3.8, 4) is 0 Å². The highest BCUT2D eigenvalue weighted by Gasteiger charge is 2.33. The maximum absolute atomic E-state index is 13.0. The first-order valence-corrected chi connectivity index (χ1v) is 8.10. The number of nitrogens with zero attached hydrogens (tertiary/aromatic N) is 3. The number of hydrogen-bond acceptors (Lipinski definition) is 6. The van der Waals surface area contributed by atoms with Gasteiger partial charge in [-0.2, -0.15) is 13.2 Å². The molecule has 0 atom stereocenters. The molecule has 3 aromatic rings. The standard InChI is InChI=1S/C17H11ClF3N5O2/c18-13-2-1-8(3-12(13)17(19,20)21)6-23-16-11-5-9(26-28)4-10(15(22)27)14(11)24-7-25-16/h1-5,7H,6H2,(H2,22,27)(H,23,24,25). The Morgan fingerprint density at radius 1 is 1.21 bits per heavy atom. The third kappa shape index (κ3) is 3.86. The van der Waals surface area contributed by atoms with Crippen molar-refractivity contribution in [1.29, 1.82) is 0 Å². The summed E-state index contributed by atoms with van der Waals surface area (Å²) in [4.78, 5) is 30.5. The van der Waals surface area contributed by atoms with Crippen LogP contribution < -0.4 is 11.1 Å². The SMILES string of the molecule is NC(=O)c1cc(N=O)cc2c(NCc3ccc(Cl)c(C(F)(F)F)c3)ncnc12. The van der Waals surface area contributed by atoms with Gasteiger partial charge in [-0.25, -0.2) is 9.97 Å². The van der Waals surface area contributed by atoms with Crippen molar-refractivity contribution in [1.82, 2.24) is 9.97 Å². The smallest absolute Gasteiger partial charge is 0.366 e. The molecule has 0 aliphatic carbocycles. The predicted octanol–water partition coefficient (Wildman–Crippen LogP) is 4.41. The van der Waals surface area contributed by atoms with E-state index in [1.165, 1.54) is 18.2 Å². The molecule has 1 aromatic heterocycles. The van der Waals surface area contributed by atoms with Crippen LogP contribution in [0.2, 0.25) is 5.02 Å². The van der Waals surface area contributed by atoms with Gasteiger partial charge in [-0.05, 0) is 35.0 Å². The van der Waals surface area contributed by atoms with Gasteiger partial charge in [0.1, 0.15) is 17.8 Å². The minimum absolute atomic E-state index is 0.0246. The number of hydrogen-bond donors (Lipinski definition) is 2. The third-order valence-corrected chi connectivity index (χ3v) is 4.22. The van der Waals surface area contributed by atoms with E-state index in [9.17, 15) is 22.9 Å². The number of carbonyl (C=O) groups excluding carboxylic acids is 1. The summed E-state index contributed by atoms with van der Waals surface area (Å²) in [6.45, 7) is -0.0307. The Bertz CT molecular complexity index is 1090. The zero-order valence-electron chi connectivity index (χ0n) is 13.9. The van der Waals surface area contributed by atoms with Gasteiger partial charge < -0.3 is 11.1 Å². The lowest BCUT2D eigenvalue weighted by molar-refractivity contribution is -0.137. The van der Waals surface area contributed by atoms with Crippen LogP contribution in [0.25, 0.3) is 10.9 Å². The summed E-state index contributed by atoms with van der Waals surface area (Å²) >= 11 is 5.61. The Balaban J connectivity index is 1.99. The van der Waals surface area contributed by atoms with Crippen molar-refractivity contribution in [3.63, 3.8) is 0 Å². The van der Waals surface area contributed by atoms with E-state index in [1.54, 1.807) is 0 Å². The van der Waals surface area contributed by atoms with Crippen LogP contribution in [0.1, 0.15) is 21.5 Å². The van der Waals surface area contributed by atoms with Crippen molar-refractivity contribution in [2.45, 2.75) is 12.7 Å². The molecule has 0 aliphatic heterocycles. The number of nitrogens with one attached hydrogen (secondary N) is 1. The second-order valence-electron chi connectivity index (χ2n) is 5.73. The van der Waals surface area contributed by atoms with E-state index in [4.69, 9.17) is 17.3 Å². The number of halogens is 4. The van der Waals surface area contributed by atoms with Gasteiger partial charge in [0.15, 0.2) is 0 Å². The second kappa shape index (κ2) is 7.39. The summed E-state index contributed by atoms with van der Waals surface area (Å²) in [6.07, 6.45) is -3.43. The monoisotopic (exact) mass is 409 g/mol. The molecule has 0 saturated heterocycles. The molecule has 144 valence electrons. The fourth-order valence-electron chi connectivity index (χ4n) is 2.62. The first kappa shape index (κ1) is 19.5. The van der Waals surface area contributed by atoms with Crippen LogP contribution in [0.5, 0.6) is 0 Å². The Labute approximate surface area is 160 Å². The molecule has 7 nitrogen and oxygen atoms in total. The van der Waals surface area contributed by atoms with E-state index in [-0.39, 0.29) is 34.5 Å². The highest BCUT2D eigenvalue weighted by Crippen LogP contribution is 2.35. The molecule has 11 heteroatoms. The molecule has 1 amide bonds. The van der Waals surface area contributed by atoms with Crippen LogP contribution >= 0.6 is 11.6 Å². The molecule has 0 aliphatic rings. The van der Waals surface area contributed by atoms with E-state index in [0.717, 1.165) is 18.5 Å². The van der Waals surface area contributed by atoms with E-state index in [1.807, 2.05) is 0 Å². The number of alkyl halides is 3. The number of primary amides is 1. The summed E-state index contributed by atoms with van der Waals surface area (Å²) in [6, 6.07) is 6.05. The maximum atomic E-state index is 13.0. The van der Waals surface area contributed by atoms with Gasteiger partial charge in [0, 0.05) is 11.9 Å². The number of amides is 1. The third-order valence-electron chi connectivity index (χ3n) is 3.89. The lowest BCUT2D eigenvalue weighted by atomic mass is 10.1. The lowest BCUT2D eigenvalue weighted by Crippen LogP contribution is -2.13. The van der Waals surface area contributed by atoms with Crippen LogP contribution in [-0.2, 0) is 12.7 Å². The van der Waals surface area contributed by atoms with Gasteiger partial charge in [0.05, 0.1) is 21.7 Å². The van der Waals surface area contributed by atoms with Crippen molar-refractivity contribution >= 4 is 39.9 Å². The van der Waals surface area contributed by atoms with Gasteiger partial charge >= 0.3 is 6.18 Å². The first-order valence-electron chi connectivity index (χ1n) is 7.72. The van der Waals surface area contributed by atoms with Gasteiger partial charge in [-0.1, -0.05) is 17.7 Å². The maximum Gasteiger partial charge on any atom is 0.417 e. The molecule has 0 radical (unpaired) electrons. The topological polar surface area (TPSA) is 110 Å². The molecule has 0 spiro atoms.